The van der Waals surface area contributed by atoms with E-state index in [1.54, 1.807) is 59.2 Å². The molecule has 5 rings (SSSR count). The number of carboxylic acids is 1. The molecule has 1 aromatic heterocycles. The summed E-state index contributed by atoms with van der Waals surface area (Å²) in [4.78, 5) is 40.4. The summed E-state index contributed by atoms with van der Waals surface area (Å²) < 4.78 is 35.2. The Labute approximate surface area is 314 Å². The van der Waals surface area contributed by atoms with E-state index in [-0.39, 0.29) is 31.0 Å². The van der Waals surface area contributed by atoms with Crippen molar-refractivity contribution in [3.05, 3.63) is 86.3 Å². The number of amides is 1. The van der Waals surface area contributed by atoms with Crippen molar-refractivity contribution in [2.24, 2.45) is 0 Å². The smallest absolute Gasteiger partial charge is 0.326 e. The Hall–Kier alpha value is -3.66. The van der Waals surface area contributed by atoms with E-state index in [1.165, 1.54) is 0 Å². The Morgan fingerprint density at radius 1 is 1.04 bits per heavy atom. The molecule has 0 saturated heterocycles. The zero-order valence-electron chi connectivity index (χ0n) is 27.6. The molecular formula is C35H37Cl2N4O7S3+. The summed E-state index contributed by atoms with van der Waals surface area (Å²) in [6, 6.07) is 17.0. The number of fused-ring (bicyclic) bond motifs is 2. The number of aryl methyl sites for hydroxylation is 1. The summed E-state index contributed by atoms with van der Waals surface area (Å²) in [5, 5.41) is 15.6. The van der Waals surface area contributed by atoms with Gasteiger partial charge in [-0.25, -0.2) is 4.79 Å². The van der Waals surface area contributed by atoms with Gasteiger partial charge in [0.1, 0.15) is 17.0 Å². The van der Waals surface area contributed by atoms with Crippen molar-refractivity contribution in [1.82, 2.24) is 5.32 Å². The highest BCUT2D eigenvalue weighted by atomic mass is 35.5. The molecule has 0 fully saturated rings. The molecule has 0 aliphatic carbocycles. The van der Waals surface area contributed by atoms with Gasteiger partial charge in [0.2, 0.25) is 11.4 Å². The normalized spacial score (nSPS) is 14.1. The Morgan fingerprint density at radius 2 is 1.76 bits per heavy atom. The van der Waals surface area contributed by atoms with Crippen molar-refractivity contribution >= 4 is 102 Å². The van der Waals surface area contributed by atoms with Crippen LogP contribution in [-0.4, -0.2) is 67.7 Å². The monoisotopic (exact) mass is 791 g/mol. The predicted octanol–water partition coefficient (Wildman–Crippen LogP) is 6.76. The Kier molecular flexibility index (Phi) is 13.0. The lowest BCUT2D eigenvalue weighted by molar-refractivity contribution is -0.668. The lowest BCUT2D eigenvalue weighted by atomic mass is 10.1. The van der Waals surface area contributed by atoms with Gasteiger partial charge in [-0.05, 0) is 74.4 Å². The maximum absolute atomic E-state index is 12.8. The van der Waals surface area contributed by atoms with Gasteiger partial charge >= 0.3 is 5.97 Å². The number of aromatic nitrogens is 1. The molecule has 1 amide bonds. The number of carboxylic acid groups (broad SMARTS) is 1. The minimum Gasteiger partial charge on any atom is -0.480 e. The zero-order valence-corrected chi connectivity index (χ0v) is 31.6. The number of carbonyl (C=O) groups excluding carboxylic acids is 2. The van der Waals surface area contributed by atoms with Crippen molar-refractivity contribution in [3.8, 4) is 0 Å². The van der Waals surface area contributed by atoms with Gasteiger partial charge in [0.25, 0.3) is 15.1 Å². The lowest BCUT2D eigenvalue weighted by Gasteiger charge is -2.28. The topological polar surface area (TPSA) is 148 Å². The molecule has 0 saturated carbocycles. The van der Waals surface area contributed by atoms with Crippen LogP contribution in [0.15, 0.2) is 70.6 Å². The number of nitrogens with one attached hydrogen (secondary N) is 1. The third-order valence-electron chi connectivity index (χ3n) is 8.31. The summed E-state index contributed by atoms with van der Waals surface area (Å²) in [6.07, 6.45) is 4.54. The molecule has 2 heterocycles. The van der Waals surface area contributed by atoms with E-state index in [1.807, 2.05) is 41.0 Å². The molecule has 0 spiro atoms. The molecule has 3 aromatic carbocycles. The fourth-order valence-electron chi connectivity index (χ4n) is 5.69. The number of hydrogen-bond donors (Lipinski definition) is 3. The molecule has 3 N–H and O–H groups in total. The molecule has 1 atom stereocenters. The largest absolute Gasteiger partial charge is 0.480 e. The summed E-state index contributed by atoms with van der Waals surface area (Å²) in [5.74, 6) is -1.57. The van der Waals surface area contributed by atoms with E-state index in [0.717, 1.165) is 37.3 Å². The minimum atomic E-state index is -4.11. The van der Waals surface area contributed by atoms with Crippen LogP contribution in [0.2, 0.25) is 10.0 Å². The number of thioether (sulfide) groups is 1. The summed E-state index contributed by atoms with van der Waals surface area (Å²) in [6.45, 7) is 3.19. The van der Waals surface area contributed by atoms with Crippen LogP contribution in [0.3, 0.4) is 0 Å². The van der Waals surface area contributed by atoms with Crippen LogP contribution in [0.5, 0.6) is 0 Å². The van der Waals surface area contributed by atoms with Gasteiger partial charge in [0.15, 0.2) is 6.54 Å². The molecule has 1 aliphatic rings. The molecular weight excluding hydrogens is 756 g/mol. The van der Waals surface area contributed by atoms with Crippen LogP contribution in [-0.2, 0) is 26.3 Å². The first-order valence-electron chi connectivity index (χ1n) is 16.2. The second-order valence-electron chi connectivity index (χ2n) is 11.9. The van der Waals surface area contributed by atoms with Crippen LogP contribution in [0, 0.1) is 0 Å². The first kappa shape index (κ1) is 38.6. The molecule has 16 heteroatoms. The molecule has 1 aliphatic heterocycles. The third-order valence-corrected chi connectivity index (χ3v) is 11.8. The third kappa shape index (κ3) is 10.2. The van der Waals surface area contributed by atoms with E-state index >= 15 is 0 Å². The maximum Gasteiger partial charge on any atom is 0.326 e. The van der Waals surface area contributed by atoms with Gasteiger partial charge in [-0.3, -0.25) is 14.1 Å². The second kappa shape index (κ2) is 17.2. The first-order chi connectivity index (χ1) is 24.3. The van der Waals surface area contributed by atoms with Gasteiger partial charge in [0.05, 0.1) is 22.5 Å². The average molecular weight is 793 g/mol. The minimum absolute atomic E-state index is 0.0964. The second-order valence-corrected chi connectivity index (χ2v) is 16.5. The maximum atomic E-state index is 12.8. The molecule has 1 unspecified atom stereocenters. The SMILES string of the molecule is CC(C(=O)O)N(CCC(=O)NCCCCN1C(=Cc2sc3ccc(Cl)cc3[n+]2CCCS(=O)(=O)O)Sc2ccc(Cl)cc21)c1ccc(C=O)cc1. The highest BCUT2D eigenvalue weighted by Gasteiger charge is 2.29. The number of thiazole rings is 1. The van der Waals surface area contributed by atoms with Crippen LogP contribution in [0.25, 0.3) is 16.3 Å². The van der Waals surface area contributed by atoms with E-state index in [0.29, 0.717) is 53.6 Å². The number of benzene rings is 3. The average Bonchev–Trinajstić information content (AvgIpc) is 3.60. The number of carbonyl (C=O) groups is 3. The van der Waals surface area contributed by atoms with E-state index < -0.39 is 22.1 Å². The number of rotatable bonds is 17. The highest BCUT2D eigenvalue weighted by molar-refractivity contribution is 8.03. The number of nitrogens with zero attached hydrogens (tertiary/aromatic N) is 3. The van der Waals surface area contributed by atoms with Gasteiger partial charge in [-0.2, -0.15) is 13.0 Å². The number of halogens is 2. The van der Waals surface area contributed by atoms with Crippen molar-refractivity contribution in [1.29, 1.82) is 0 Å². The molecule has 4 aromatic rings. The number of aliphatic carboxylic acids is 1. The van der Waals surface area contributed by atoms with Crippen molar-refractivity contribution in [3.63, 3.8) is 0 Å². The Balaban J connectivity index is 1.24. The van der Waals surface area contributed by atoms with Gasteiger partial charge in [-0.1, -0.05) is 46.3 Å². The standard InChI is InChI=1S/C35H36Cl2N4O7S3/c1-23(35(44)45)39(27-9-5-24(22-42)6-10-27)17-13-32(43)38-14-2-3-15-40-28-19-25(36)7-11-30(28)49-33(40)21-34-41(16-4-18-51(46,47)48)29-20-26(37)8-12-31(29)50-34/h5-12,19-23H,2-4,13-18H2,1H3,(H2-,38,43,44,45,46,47,48)/p+1. The van der Waals surface area contributed by atoms with Crippen LogP contribution >= 0.6 is 46.3 Å². The molecule has 270 valence electrons. The summed E-state index contributed by atoms with van der Waals surface area (Å²) >= 11 is 15.9. The van der Waals surface area contributed by atoms with E-state index in [4.69, 9.17) is 23.2 Å². The fourth-order valence-corrected chi connectivity index (χ4v) is 8.80. The molecule has 0 radical (unpaired) electrons. The Bertz CT molecular complexity index is 2060. The number of aldehydes is 1. The lowest BCUT2D eigenvalue weighted by Crippen LogP contribution is -2.41. The van der Waals surface area contributed by atoms with Crippen molar-refractivity contribution < 1.29 is 37.0 Å². The fraction of sp³-hybridized carbons (Fsp3) is 0.314. The van der Waals surface area contributed by atoms with Gasteiger partial charge in [-0.15, -0.1) is 0 Å². The number of anilines is 2. The van der Waals surface area contributed by atoms with Crippen LogP contribution < -0.4 is 19.7 Å². The highest BCUT2D eigenvalue weighted by Crippen LogP contribution is 2.48. The first-order valence-corrected chi connectivity index (χ1v) is 20.2. The predicted molar refractivity (Wildman–Crippen MR) is 204 cm³/mol. The van der Waals surface area contributed by atoms with Crippen molar-refractivity contribution in [2.75, 3.05) is 35.2 Å². The Morgan fingerprint density at radius 3 is 2.47 bits per heavy atom. The number of hydrogen-bond acceptors (Lipinski definition) is 9. The van der Waals surface area contributed by atoms with E-state index in [9.17, 15) is 32.5 Å². The molecule has 0 bridgehead atoms. The van der Waals surface area contributed by atoms with Gasteiger partial charge in [0, 0.05) is 64.7 Å². The summed E-state index contributed by atoms with van der Waals surface area (Å²) in [5.41, 5.74) is 2.93. The zero-order chi connectivity index (χ0) is 36.7. The van der Waals surface area contributed by atoms with Gasteiger partial charge < -0.3 is 20.2 Å². The molecule has 11 nitrogen and oxygen atoms in total. The van der Waals surface area contributed by atoms with Crippen LogP contribution in [0.1, 0.15) is 48.0 Å². The van der Waals surface area contributed by atoms with Crippen molar-refractivity contribution in [2.45, 2.75) is 50.1 Å². The van der Waals surface area contributed by atoms with Crippen LogP contribution in [0.4, 0.5) is 11.4 Å². The molecule has 51 heavy (non-hydrogen) atoms. The summed E-state index contributed by atoms with van der Waals surface area (Å²) in [7, 11) is -4.11. The quantitative estimate of drug-likeness (QED) is 0.0454. The number of unbranched alkanes of at least 4 members (excludes halogenated alkanes) is 1. The van der Waals surface area contributed by atoms with E-state index in [2.05, 4.69) is 16.3 Å².